The van der Waals surface area contributed by atoms with Gasteiger partial charge in [-0.25, -0.2) is 14.2 Å². The monoisotopic (exact) mass is 491 g/mol. The molecule has 0 saturated carbocycles. The van der Waals surface area contributed by atoms with Crippen LogP contribution in [0.3, 0.4) is 0 Å². The number of para-hydroxylation sites is 2. The molecule has 0 bridgehead atoms. The van der Waals surface area contributed by atoms with Gasteiger partial charge < -0.3 is 10.1 Å². The first-order valence-corrected chi connectivity index (χ1v) is 11.9. The summed E-state index contributed by atoms with van der Waals surface area (Å²) in [5.41, 5.74) is 4.06. The van der Waals surface area contributed by atoms with Crippen LogP contribution >= 0.6 is 0 Å². The molecule has 0 radical (unpaired) electrons. The van der Waals surface area contributed by atoms with E-state index in [-0.39, 0.29) is 18.0 Å². The molecule has 0 aliphatic carbocycles. The lowest BCUT2D eigenvalue weighted by Crippen LogP contribution is -2.19. The van der Waals surface area contributed by atoms with E-state index in [9.17, 15) is 9.59 Å². The summed E-state index contributed by atoms with van der Waals surface area (Å²) in [5, 5.41) is 12.1. The van der Waals surface area contributed by atoms with Crippen LogP contribution in [0.25, 0.3) is 22.6 Å². The average Bonchev–Trinajstić information content (AvgIpc) is 3.51. The molecule has 2 heterocycles. The van der Waals surface area contributed by atoms with Crippen molar-refractivity contribution in [2.24, 2.45) is 0 Å². The van der Waals surface area contributed by atoms with Gasteiger partial charge in [-0.1, -0.05) is 66.7 Å². The summed E-state index contributed by atoms with van der Waals surface area (Å²) in [4.78, 5) is 26.7. The number of hydrogen-bond acceptors (Lipinski definition) is 5. The Labute approximate surface area is 214 Å². The molecule has 2 aromatic heterocycles. The molecule has 0 aliphatic heterocycles. The zero-order valence-electron chi connectivity index (χ0n) is 20.5. The molecule has 1 N–H and O–H groups in total. The van der Waals surface area contributed by atoms with E-state index in [1.54, 1.807) is 11.6 Å². The Morgan fingerprint density at radius 3 is 2.00 bits per heavy atom. The Balaban J connectivity index is 1.63. The lowest BCUT2D eigenvalue weighted by Gasteiger charge is -2.12. The Hall–Kier alpha value is -4.98. The molecule has 1 amide bonds. The maximum Gasteiger partial charge on any atom is 0.343 e. The third-order valence-corrected chi connectivity index (χ3v) is 5.89. The Bertz CT molecular complexity index is 1540. The van der Waals surface area contributed by atoms with Gasteiger partial charge in [0.15, 0.2) is 5.82 Å². The second-order valence-corrected chi connectivity index (χ2v) is 8.25. The fraction of sp³-hybridized carbons (Fsp3) is 0.103. The van der Waals surface area contributed by atoms with E-state index in [0.717, 1.165) is 11.3 Å². The summed E-state index contributed by atoms with van der Waals surface area (Å²) >= 11 is 0. The average molecular weight is 492 g/mol. The minimum Gasteiger partial charge on any atom is -0.462 e. The number of amides is 1. The van der Waals surface area contributed by atoms with Crippen LogP contribution in [0, 0.1) is 6.92 Å². The van der Waals surface area contributed by atoms with E-state index in [0.29, 0.717) is 22.6 Å². The molecule has 0 atom stereocenters. The topological polar surface area (TPSA) is 91.0 Å². The minimum atomic E-state index is -0.569. The molecular formula is C29H25N5O3. The van der Waals surface area contributed by atoms with Crippen molar-refractivity contribution in [2.75, 3.05) is 11.9 Å². The fourth-order valence-electron chi connectivity index (χ4n) is 4.15. The van der Waals surface area contributed by atoms with Crippen molar-refractivity contribution in [1.82, 2.24) is 19.6 Å². The molecule has 0 saturated heterocycles. The van der Waals surface area contributed by atoms with E-state index >= 15 is 0 Å². The molecule has 37 heavy (non-hydrogen) atoms. The molecule has 0 unspecified atom stereocenters. The van der Waals surface area contributed by atoms with Crippen molar-refractivity contribution in [1.29, 1.82) is 0 Å². The number of ether oxygens (including phenoxy) is 1. The highest BCUT2D eigenvalue weighted by Crippen LogP contribution is 2.29. The second kappa shape index (κ2) is 10.3. The van der Waals surface area contributed by atoms with E-state index in [2.05, 4.69) is 10.4 Å². The zero-order valence-corrected chi connectivity index (χ0v) is 20.5. The van der Waals surface area contributed by atoms with Gasteiger partial charge in [-0.3, -0.25) is 4.79 Å². The van der Waals surface area contributed by atoms with Gasteiger partial charge in [0.25, 0.3) is 5.91 Å². The maximum atomic E-state index is 13.9. The summed E-state index contributed by atoms with van der Waals surface area (Å²) in [7, 11) is 0. The predicted molar refractivity (Wildman–Crippen MR) is 141 cm³/mol. The van der Waals surface area contributed by atoms with Gasteiger partial charge >= 0.3 is 5.97 Å². The van der Waals surface area contributed by atoms with E-state index in [1.165, 1.54) is 10.9 Å². The number of anilines is 1. The van der Waals surface area contributed by atoms with Crippen molar-refractivity contribution in [3.8, 4) is 22.6 Å². The summed E-state index contributed by atoms with van der Waals surface area (Å²) in [6.07, 6.45) is 1.40. The molecule has 0 spiro atoms. The lowest BCUT2D eigenvalue weighted by atomic mass is 10.1. The number of rotatable bonds is 7. The number of nitrogens with one attached hydrogen (secondary N) is 1. The van der Waals surface area contributed by atoms with Gasteiger partial charge in [-0.2, -0.15) is 10.2 Å². The highest BCUT2D eigenvalue weighted by Gasteiger charge is 2.27. The first-order chi connectivity index (χ1) is 18.1. The summed E-state index contributed by atoms with van der Waals surface area (Å²) in [6.45, 7) is 3.77. The molecule has 0 aliphatic rings. The minimum absolute atomic E-state index is 0.161. The van der Waals surface area contributed by atoms with Crippen LogP contribution in [0.1, 0.15) is 33.3 Å². The Morgan fingerprint density at radius 2 is 1.41 bits per heavy atom. The van der Waals surface area contributed by atoms with Crippen LogP contribution in [0.4, 0.5) is 5.82 Å². The van der Waals surface area contributed by atoms with Crippen molar-refractivity contribution in [3.05, 3.63) is 114 Å². The molecule has 5 aromatic rings. The highest BCUT2D eigenvalue weighted by atomic mass is 16.5. The smallest absolute Gasteiger partial charge is 0.343 e. The summed E-state index contributed by atoms with van der Waals surface area (Å²) < 4.78 is 8.49. The Morgan fingerprint density at radius 1 is 0.838 bits per heavy atom. The van der Waals surface area contributed by atoms with Gasteiger partial charge in [0.2, 0.25) is 0 Å². The zero-order chi connectivity index (χ0) is 25.8. The highest BCUT2D eigenvalue weighted by molar-refractivity contribution is 6.11. The molecule has 184 valence electrons. The fourth-order valence-corrected chi connectivity index (χ4v) is 4.15. The van der Waals surface area contributed by atoms with Crippen molar-refractivity contribution < 1.29 is 14.3 Å². The van der Waals surface area contributed by atoms with E-state index < -0.39 is 11.9 Å². The third-order valence-electron chi connectivity index (χ3n) is 5.89. The van der Waals surface area contributed by atoms with Crippen LogP contribution in [0.15, 0.2) is 97.2 Å². The number of carbonyl (C=O) groups excluding carboxylic acids is 2. The molecular weight excluding hydrogens is 466 g/mol. The predicted octanol–water partition coefficient (Wildman–Crippen LogP) is 5.46. The second-order valence-electron chi connectivity index (χ2n) is 8.25. The van der Waals surface area contributed by atoms with Crippen molar-refractivity contribution in [3.63, 3.8) is 0 Å². The van der Waals surface area contributed by atoms with Gasteiger partial charge in [-0.05, 0) is 38.1 Å². The number of nitrogens with zero attached hydrogens (tertiary/aromatic N) is 4. The molecule has 8 heteroatoms. The first kappa shape index (κ1) is 23.7. The van der Waals surface area contributed by atoms with Crippen molar-refractivity contribution in [2.45, 2.75) is 13.8 Å². The maximum absolute atomic E-state index is 13.9. The molecule has 5 rings (SSSR count). The molecule has 0 fully saturated rings. The van der Waals surface area contributed by atoms with Crippen LogP contribution in [0.5, 0.6) is 0 Å². The van der Waals surface area contributed by atoms with Gasteiger partial charge in [-0.15, -0.1) is 0 Å². The van der Waals surface area contributed by atoms with Crippen LogP contribution in [-0.4, -0.2) is 38.0 Å². The summed E-state index contributed by atoms with van der Waals surface area (Å²) in [5.74, 6) is -0.762. The largest absolute Gasteiger partial charge is 0.462 e. The van der Waals surface area contributed by atoms with Crippen LogP contribution in [-0.2, 0) is 4.74 Å². The first-order valence-electron chi connectivity index (χ1n) is 11.9. The number of hydrogen-bond donors (Lipinski definition) is 1. The Kier molecular flexibility index (Phi) is 6.63. The number of benzene rings is 3. The standard InChI is InChI=1S/C29H25N5O3/c1-3-37-29(36)24-19-30-34(23-17-11-6-12-18-23)27(24)31-28(35)25-20(2)33(22-15-9-5-10-16-22)32-26(25)21-13-7-4-8-14-21/h4-19H,3H2,1-2H3,(H,31,35). The lowest BCUT2D eigenvalue weighted by molar-refractivity contribution is 0.0527. The quantitative estimate of drug-likeness (QED) is 0.305. The van der Waals surface area contributed by atoms with Gasteiger partial charge in [0, 0.05) is 5.56 Å². The van der Waals surface area contributed by atoms with E-state index in [1.807, 2.05) is 97.9 Å². The van der Waals surface area contributed by atoms with E-state index in [4.69, 9.17) is 9.84 Å². The molecule has 3 aromatic carbocycles. The SMILES string of the molecule is CCOC(=O)c1cnn(-c2ccccc2)c1NC(=O)c1c(-c2ccccc2)nn(-c2ccccc2)c1C. The number of aromatic nitrogens is 4. The van der Waals surface area contributed by atoms with Crippen LogP contribution in [0.2, 0.25) is 0 Å². The third kappa shape index (κ3) is 4.64. The van der Waals surface area contributed by atoms with Gasteiger partial charge in [0.05, 0.1) is 35.4 Å². The number of carbonyl (C=O) groups is 2. The van der Waals surface area contributed by atoms with Crippen molar-refractivity contribution >= 4 is 17.7 Å². The van der Waals surface area contributed by atoms with Gasteiger partial charge in [0.1, 0.15) is 11.3 Å². The number of esters is 1. The summed E-state index contributed by atoms with van der Waals surface area (Å²) in [6, 6.07) is 28.4. The molecule has 8 nitrogen and oxygen atoms in total. The normalized spacial score (nSPS) is 10.8. The van der Waals surface area contributed by atoms with Crippen LogP contribution < -0.4 is 5.32 Å².